The van der Waals surface area contributed by atoms with Crippen LogP contribution in [-0.2, 0) is 33.9 Å². The predicted molar refractivity (Wildman–Crippen MR) is 89.5 cm³/mol. The third kappa shape index (κ3) is 4.18. The van der Waals surface area contributed by atoms with Crippen molar-refractivity contribution in [2.75, 3.05) is 6.26 Å². The maximum absolute atomic E-state index is 11.1. The smallest absolute Gasteiger partial charge is 0.264 e. The molecule has 0 fully saturated rings. The van der Waals surface area contributed by atoms with Gasteiger partial charge in [-0.1, -0.05) is 42.5 Å². The number of rotatable bonds is 6. The number of hydrogen-bond acceptors (Lipinski definition) is 4. The summed E-state index contributed by atoms with van der Waals surface area (Å²) < 4.78 is 29.0. The van der Waals surface area contributed by atoms with E-state index in [-0.39, 0.29) is 6.61 Å². The highest BCUT2D eigenvalue weighted by atomic mass is 32.2. The zero-order chi connectivity index (χ0) is 16.3. The van der Waals surface area contributed by atoms with Crippen LogP contribution in [0.15, 0.2) is 54.7 Å². The maximum atomic E-state index is 11.1. The zero-order valence-corrected chi connectivity index (χ0v) is 13.7. The lowest BCUT2D eigenvalue weighted by atomic mass is 10.1. The van der Waals surface area contributed by atoms with Gasteiger partial charge in [0.15, 0.2) is 0 Å². The Morgan fingerprint density at radius 2 is 1.87 bits per heavy atom. The van der Waals surface area contributed by atoms with Crippen molar-refractivity contribution >= 4 is 21.0 Å². The molecule has 0 spiro atoms. The van der Waals surface area contributed by atoms with E-state index in [1.807, 2.05) is 47.3 Å². The van der Waals surface area contributed by atoms with Crippen molar-refractivity contribution in [3.8, 4) is 0 Å². The van der Waals surface area contributed by atoms with Crippen molar-refractivity contribution in [3.05, 3.63) is 65.9 Å². The monoisotopic (exact) mass is 330 g/mol. The number of aromatic nitrogens is 2. The van der Waals surface area contributed by atoms with Crippen LogP contribution in [-0.4, -0.2) is 24.5 Å². The summed E-state index contributed by atoms with van der Waals surface area (Å²) in [5, 5.41) is 5.45. The molecule has 0 N–H and O–H groups in total. The summed E-state index contributed by atoms with van der Waals surface area (Å²) in [6.07, 6.45) is 3.76. The molecule has 0 atom stereocenters. The average Bonchev–Trinajstić information content (AvgIpc) is 2.94. The van der Waals surface area contributed by atoms with Crippen LogP contribution in [0.25, 0.3) is 10.9 Å². The Hall–Kier alpha value is -2.18. The molecule has 0 aliphatic rings. The molecule has 23 heavy (non-hydrogen) atoms. The molecule has 1 aromatic heterocycles. The Labute approximate surface area is 135 Å². The van der Waals surface area contributed by atoms with Crippen LogP contribution < -0.4 is 0 Å². The minimum Gasteiger partial charge on any atom is -0.265 e. The second kappa shape index (κ2) is 6.52. The Morgan fingerprint density at radius 3 is 2.61 bits per heavy atom. The highest BCUT2D eigenvalue weighted by molar-refractivity contribution is 7.85. The van der Waals surface area contributed by atoms with Gasteiger partial charge in [0.1, 0.15) is 0 Å². The van der Waals surface area contributed by atoms with Crippen molar-refractivity contribution in [3.63, 3.8) is 0 Å². The van der Waals surface area contributed by atoms with Crippen LogP contribution in [0.5, 0.6) is 0 Å². The first-order chi connectivity index (χ1) is 11.0. The molecule has 0 saturated carbocycles. The van der Waals surface area contributed by atoms with E-state index >= 15 is 0 Å². The van der Waals surface area contributed by atoms with Crippen molar-refractivity contribution < 1.29 is 12.6 Å². The van der Waals surface area contributed by atoms with Gasteiger partial charge in [0.25, 0.3) is 10.1 Å². The van der Waals surface area contributed by atoms with E-state index in [1.165, 1.54) is 5.56 Å². The van der Waals surface area contributed by atoms with Crippen molar-refractivity contribution in [1.29, 1.82) is 0 Å². The summed E-state index contributed by atoms with van der Waals surface area (Å²) in [7, 11) is -3.44. The van der Waals surface area contributed by atoms with Crippen LogP contribution in [0, 0.1) is 0 Å². The highest BCUT2D eigenvalue weighted by Gasteiger charge is 2.07. The van der Waals surface area contributed by atoms with Crippen LogP contribution in [0.4, 0.5) is 0 Å². The molecule has 0 bridgehead atoms. The molecule has 0 radical (unpaired) electrons. The van der Waals surface area contributed by atoms with Crippen LogP contribution >= 0.6 is 0 Å². The van der Waals surface area contributed by atoms with E-state index in [1.54, 1.807) is 0 Å². The summed E-state index contributed by atoms with van der Waals surface area (Å²) in [5.41, 5.74) is 3.05. The third-order valence-corrected chi connectivity index (χ3v) is 4.15. The molecule has 2 aromatic carbocycles. The summed E-state index contributed by atoms with van der Waals surface area (Å²) in [5.74, 6) is 0. The molecule has 3 aromatic rings. The molecule has 0 saturated heterocycles. The molecular weight excluding hydrogens is 312 g/mol. The SMILES string of the molecule is CS(=O)(=O)OCc1ccc2cnn(CCc3ccccc3)c2c1. The molecule has 5 nitrogen and oxygen atoms in total. The van der Waals surface area contributed by atoms with Gasteiger partial charge in [-0.15, -0.1) is 0 Å². The Morgan fingerprint density at radius 1 is 1.09 bits per heavy atom. The molecule has 0 amide bonds. The van der Waals surface area contributed by atoms with E-state index in [9.17, 15) is 8.42 Å². The van der Waals surface area contributed by atoms with Crippen LogP contribution in [0.3, 0.4) is 0 Å². The minimum atomic E-state index is -3.44. The van der Waals surface area contributed by atoms with E-state index < -0.39 is 10.1 Å². The fraction of sp³-hybridized carbons (Fsp3) is 0.235. The van der Waals surface area contributed by atoms with Crippen LogP contribution in [0.2, 0.25) is 0 Å². The number of nitrogens with zero attached hydrogens (tertiary/aromatic N) is 2. The van der Waals surface area contributed by atoms with Crippen molar-refractivity contribution in [2.45, 2.75) is 19.6 Å². The Kier molecular flexibility index (Phi) is 4.45. The highest BCUT2D eigenvalue weighted by Crippen LogP contribution is 2.17. The first-order valence-electron chi connectivity index (χ1n) is 7.34. The number of benzene rings is 2. The van der Waals surface area contributed by atoms with Gasteiger partial charge < -0.3 is 0 Å². The molecule has 1 heterocycles. The van der Waals surface area contributed by atoms with Crippen LogP contribution in [0.1, 0.15) is 11.1 Å². The number of fused-ring (bicyclic) bond motifs is 1. The van der Waals surface area contributed by atoms with Gasteiger partial charge in [-0.05, 0) is 23.6 Å². The van der Waals surface area contributed by atoms with Crippen molar-refractivity contribution in [1.82, 2.24) is 9.78 Å². The van der Waals surface area contributed by atoms with E-state index in [0.717, 1.165) is 35.7 Å². The normalized spacial score (nSPS) is 11.9. The predicted octanol–water partition coefficient (Wildman–Crippen LogP) is 2.76. The molecule has 0 unspecified atom stereocenters. The molecule has 3 rings (SSSR count). The molecule has 120 valence electrons. The Bertz CT molecular complexity index is 902. The van der Waals surface area contributed by atoms with E-state index in [4.69, 9.17) is 4.18 Å². The van der Waals surface area contributed by atoms with E-state index in [2.05, 4.69) is 17.2 Å². The minimum absolute atomic E-state index is 0.0403. The van der Waals surface area contributed by atoms with Gasteiger partial charge in [-0.2, -0.15) is 13.5 Å². The summed E-state index contributed by atoms with van der Waals surface area (Å²) in [6, 6.07) is 16.0. The fourth-order valence-electron chi connectivity index (χ4n) is 2.44. The number of aryl methyl sites for hydroxylation is 2. The lowest BCUT2D eigenvalue weighted by molar-refractivity contribution is 0.312. The largest absolute Gasteiger partial charge is 0.265 e. The lowest BCUT2D eigenvalue weighted by Gasteiger charge is -2.06. The molecule has 6 heteroatoms. The topological polar surface area (TPSA) is 61.2 Å². The molecule has 0 aliphatic carbocycles. The standard InChI is InChI=1S/C17H18N2O3S/c1-23(20,21)22-13-15-7-8-16-12-18-19(17(16)11-15)10-9-14-5-3-2-4-6-14/h2-8,11-12H,9-10,13H2,1H3. The zero-order valence-electron chi connectivity index (χ0n) is 12.8. The molecule has 0 aliphatic heterocycles. The van der Waals surface area contributed by atoms with Gasteiger partial charge >= 0.3 is 0 Å². The second-order valence-corrected chi connectivity index (χ2v) is 7.11. The summed E-state index contributed by atoms with van der Waals surface area (Å²) >= 11 is 0. The first kappa shape index (κ1) is 15.7. The first-order valence-corrected chi connectivity index (χ1v) is 9.16. The van der Waals surface area contributed by atoms with Gasteiger partial charge in [0, 0.05) is 11.9 Å². The average molecular weight is 330 g/mol. The summed E-state index contributed by atoms with van der Waals surface area (Å²) in [6.45, 7) is 0.808. The fourth-order valence-corrected chi connectivity index (χ4v) is 2.79. The lowest BCUT2D eigenvalue weighted by Crippen LogP contribution is -2.04. The van der Waals surface area contributed by atoms with Gasteiger partial charge in [-0.25, -0.2) is 0 Å². The van der Waals surface area contributed by atoms with E-state index in [0.29, 0.717) is 0 Å². The van der Waals surface area contributed by atoms with Crippen molar-refractivity contribution in [2.24, 2.45) is 0 Å². The maximum Gasteiger partial charge on any atom is 0.264 e. The van der Waals surface area contributed by atoms with Gasteiger partial charge in [0.2, 0.25) is 0 Å². The number of hydrogen-bond donors (Lipinski definition) is 0. The second-order valence-electron chi connectivity index (χ2n) is 5.46. The van der Waals surface area contributed by atoms with Gasteiger partial charge in [-0.3, -0.25) is 8.86 Å². The quantitative estimate of drug-likeness (QED) is 0.652. The summed E-state index contributed by atoms with van der Waals surface area (Å²) in [4.78, 5) is 0. The Balaban J connectivity index is 1.78. The molecular formula is C17H18N2O3S. The van der Waals surface area contributed by atoms with Gasteiger partial charge in [0.05, 0.1) is 24.6 Å². The third-order valence-electron chi connectivity index (χ3n) is 3.60.